The smallest absolute Gasteiger partial charge is 0.334 e. The van der Waals surface area contributed by atoms with E-state index >= 15 is 0 Å². The monoisotopic (exact) mass is 381 g/mol. The van der Waals surface area contributed by atoms with E-state index in [9.17, 15) is 14.7 Å². The molecule has 0 bridgehead atoms. The molecule has 1 aliphatic heterocycles. The van der Waals surface area contributed by atoms with Gasteiger partial charge in [0.1, 0.15) is 5.60 Å². The summed E-state index contributed by atoms with van der Waals surface area (Å²) in [5, 5.41) is 9.88. The molecule has 1 fully saturated rings. The lowest BCUT2D eigenvalue weighted by molar-refractivity contribution is -0.151. The third-order valence-corrected chi connectivity index (χ3v) is 5.55. The van der Waals surface area contributed by atoms with Gasteiger partial charge in [0.15, 0.2) is 0 Å². The van der Waals surface area contributed by atoms with Crippen LogP contribution in [0.3, 0.4) is 0 Å². The lowest BCUT2D eigenvalue weighted by atomic mass is 9.81. The molecule has 1 atom stereocenters. The fourth-order valence-corrected chi connectivity index (χ4v) is 3.77. The Morgan fingerprint density at radius 1 is 1.26 bits per heavy atom. The minimum Gasteiger partial charge on any atom is -0.453 e. The first-order chi connectivity index (χ1) is 12.4. The predicted molar refractivity (Wildman–Crippen MR) is 108 cm³/mol. The van der Waals surface area contributed by atoms with E-state index in [1.807, 2.05) is 6.08 Å². The van der Waals surface area contributed by atoms with E-state index in [1.54, 1.807) is 13.8 Å². The van der Waals surface area contributed by atoms with Gasteiger partial charge in [-0.25, -0.2) is 4.79 Å². The fraction of sp³-hybridized carbons (Fsp3) is 0.818. The molecular weight excluding hydrogens is 342 g/mol. The number of aliphatic hydroxyl groups excluding tert-OH is 1. The number of amides is 1. The van der Waals surface area contributed by atoms with Gasteiger partial charge in [-0.1, -0.05) is 47.6 Å². The predicted octanol–water partition coefficient (Wildman–Crippen LogP) is 3.98. The Labute approximate surface area is 164 Å². The van der Waals surface area contributed by atoms with E-state index in [-0.39, 0.29) is 18.5 Å². The Morgan fingerprint density at radius 3 is 2.26 bits per heavy atom. The fourth-order valence-electron chi connectivity index (χ4n) is 3.77. The number of ether oxygens (including phenoxy) is 1. The molecule has 1 amide bonds. The molecular formula is C22H39NO4. The molecule has 5 nitrogen and oxygen atoms in total. The number of nitrogens with two attached hydrogens (primary N) is 1. The zero-order valence-corrected chi connectivity index (χ0v) is 18.0. The van der Waals surface area contributed by atoms with Crippen molar-refractivity contribution in [1.29, 1.82) is 0 Å². The van der Waals surface area contributed by atoms with Crippen LogP contribution in [0, 0.1) is 23.2 Å². The molecule has 0 spiro atoms. The number of hydrogen-bond donors (Lipinski definition) is 2. The number of carbonyl (C=O) groups is 2. The first-order valence-electron chi connectivity index (χ1n) is 10.2. The van der Waals surface area contributed by atoms with Crippen LogP contribution in [0.2, 0.25) is 0 Å². The maximum Gasteiger partial charge on any atom is 0.334 e. The van der Waals surface area contributed by atoms with E-state index in [0.717, 1.165) is 19.3 Å². The Kier molecular flexibility index (Phi) is 8.52. The highest BCUT2D eigenvalue weighted by Gasteiger charge is 2.44. The molecule has 0 aromatic carbocycles. The summed E-state index contributed by atoms with van der Waals surface area (Å²) in [5.74, 6) is 1.06. The van der Waals surface area contributed by atoms with Crippen LogP contribution in [0.1, 0.15) is 80.1 Å². The summed E-state index contributed by atoms with van der Waals surface area (Å²) in [6.45, 7) is 12.2. The van der Waals surface area contributed by atoms with Gasteiger partial charge >= 0.3 is 5.97 Å². The minimum atomic E-state index is -0.929. The summed E-state index contributed by atoms with van der Waals surface area (Å²) in [6, 6.07) is 0. The summed E-state index contributed by atoms with van der Waals surface area (Å²) in [6.07, 6.45) is 6.41. The first kappa shape index (κ1) is 23.7. The summed E-state index contributed by atoms with van der Waals surface area (Å²) >= 11 is 0. The number of esters is 1. The average Bonchev–Trinajstić information content (AvgIpc) is 2.86. The molecule has 1 saturated heterocycles. The molecule has 0 aromatic heterocycles. The van der Waals surface area contributed by atoms with Crippen molar-refractivity contribution in [3.8, 4) is 0 Å². The molecule has 0 radical (unpaired) electrons. The maximum absolute atomic E-state index is 12.4. The van der Waals surface area contributed by atoms with Crippen LogP contribution < -0.4 is 5.73 Å². The van der Waals surface area contributed by atoms with E-state index in [4.69, 9.17) is 10.5 Å². The molecule has 0 saturated carbocycles. The van der Waals surface area contributed by atoms with Gasteiger partial charge < -0.3 is 15.6 Å². The highest BCUT2D eigenvalue weighted by atomic mass is 16.6. The van der Waals surface area contributed by atoms with Crippen LogP contribution in [-0.2, 0) is 14.3 Å². The van der Waals surface area contributed by atoms with Gasteiger partial charge in [-0.05, 0) is 49.9 Å². The van der Waals surface area contributed by atoms with Crippen molar-refractivity contribution in [3.63, 3.8) is 0 Å². The standard InChI is InChI=1S/C22H39NO4/c1-15(2)11-17(12-16(3)4)7-8-18-13-22(14-24,27-19(18)25)10-9-21(5,6)20(23)26/h8,15-17,24H,7,9-14H2,1-6H3,(H2,23,26). The molecule has 156 valence electrons. The van der Waals surface area contributed by atoms with Crippen molar-refractivity contribution < 1.29 is 19.4 Å². The lowest BCUT2D eigenvalue weighted by Crippen LogP contribution is -2.38. The zero-order valence-electron chi connectivity index (χ0n) is 18.0. The maximum atomic E-state index is 12.4. The van der Waals surface area contributed by atoms with Crippen molar-refractivity contribution >= 4 is 11.9 Å². The Balaban J connectivity index is 2.81. The third kappa shape index (κ3) is 7.28. The molecule has 1 rings (SSSR count). The Morgan fingerprint density at radius 2 is 1.81 bits per heavy atom. The van der Waals surface area contributed by atoms with Crippen molar-refractivity contribution in [3.05, 3.63) is 11.6 Å². The molecule has 1 unspecified atom stereocenters. The molecule has 0 aliphatic carbocycles. The third-order valence-electron chi connectivity index (χ3n) is 5.55. The van der Waals surface area contributed by atoms with Gasteiger partial charge in [0.2, 0.25) is 5.91 Å². The first-order valence-corrected chi connectivity index (χ1v) is 10.2. The number of rotatable bonds is 11. The second kappa shape index (κ2) is 9.72. The quantitative estimate of drug-likeness (QED) is 0.418. The van der Waals surface area contributed by atoms with Crippen molar-refractivity contribution in [2.24, 2.45) is 28.9 Å². The number of aliphatic hydroxyl groups is 1. The Hall–Kier alpha value is -1.36. The molecule has 3 N–H and O–H groups in total. The lowest BCUT2D eigenvalue weighted by Gasteiger charge is -2.29. The van der Waals surface area contributed by atoms with Crippen molar-refractivity contribution in [2.75, 3.05) is 6.61 Å². The van der Waals surface area contributed by atoms with E-state index < -0.39 is 11.0 Å². The topological polar surface area (TPSA) is 89.6 Å². The van der Waals surface area contributed by atoms with Crippen LogP contribution in [0.5, 0.6) is 0 Å². The van der Waals surface area contributed by atoms with Gasteiger partial charge in [-0.2, -0.15) is 0 Å². The van der Waals surface area contributed by atoms with Crippen molar-refractivity contribution in [2.45, 2.75) is 85.7 Å². The average molecular weight is 382 g/mol. The van der Waals surface area contributed by atoms with Crippen LogP contribution in [0.4, 0.5) is 0 Å². The SMILES string of the molecule is CC(C)CC(CC=C1CC(CO)(CCC(C)(C)C(N)=O)OC1=O)CC(C)C. The molecule has 1 aliphatic rings. The summed E-state index contributed by atoms with van der Waals surface area (Å²) < 4.78 is 5.57. The van der Waals surface area contributed by atoms with Crippen LogP contribution in [0.15, 0.2) is 11.6 Å². The van der Waals surface area contributed by atoms with E-state index in [2.05, 4.69) is 27.7 Å². The number of hydrogen-bond acceptors (Lipinski definition) is 4. The van der Waals surface area contributed by atoms with Gasteiger partial charge in [0, 0.05) is 17.4 Å². The summed E-state index contributed by atoms with van der Waals surface area (Å²) in [4.78, 5) is 23.9. The van der Waals surface area contributed by atoms with Crippen LogP contribution >= 0.6 is 0 Å². The number of carbonyl (C=O) groups excluding carboxylic acids is 2. The van der Waals surface area contributed by atoms with E-state index in [0.29, 0.717) is 42.6 Å². The second-order valence-electron chi connectivity index (χ2n) is 9.75. The number of allylic oxidation sites excluding steroid dienone is 1. The van der Waals surface area contributed by atoms with Crippen LogP contribution in [0.25, 0.3) is 0 Å². The summed E-state index contributed by atoms with van der Waals surface area (Å²) in [7, 11) is 0. The van der Waals surface area contributed by atoms with Crippen LogP contribution in [-0.4, -0.2) is 29.2 Å². The molecule has 1 heterocycles. The van der Waals surface area contributed by atoms with Gasteiger partial charge in [-0.15, -0.1) is 0 Å². The second-order valence-corrected chi connectivity index (χ2v) is 9.75. The minimum absolute atomic E-state index is 0.244. The summed E-state index contributed by atoms with van der Waals surface area (Å²) in [5.41, 5.74) is 4.46. The largest absolute Gasteiger partial charge is 0.453 e. The molecule has 5 heteroatoms. The normalized spacial score (nSPS) is 22.3. The van der Waals surface area contributed by atoms with Gasteiger partial charge in [0.05, 0.1) is 6.61 Å². The number of primary amides is 1. The highest BCUT2D eigenvalue weighted by molar-refractivity contribution is 5.91. The Bertz CT molecular complexity index is 541. The van der Waals surface area contributed by atoms with Crippen molar-refractivity contribution in [1.82, 2.24) is 0 Å². The van der Waals surface area contributed by atoms with Gasteiger partial charge in [-0.3, -0.25) is 4.79 Å². The highest BCUT2D eigenvalue weighted by Crippen LogP contribution is 2.38. The van der Waals surface area contributed by atoms with E-state index in [1.165, 1.54) is 0 Å². The molecule has 27 heavy (non-hydrogen) atoms. The zero-order chi connectivity index (χ0) is 20.8. The molecule has 0 aromatic rings. The van der Waals surface area contributed by atoms with Gasteiger partial charge in [0.25, 0.3) is 0 Å². The number of cyclic esters (lactones) is 1.